The number of nitrogens with zero attached hydrogens (tertiary/aromatic N) is 1. The zero-order valence-corrected chi connectivity index (χ0v) is 13.8. The van der Waals surface area contributed by atoms with Gasteiger partial charge in [-0.15, -0.1) is 12.4 Å². The highest BCUT2D eigenvalue weighted by atomic mass is 35.5. The Morgan fingerprint density at radius 2 is 1.60 bits per heavy atom. The summed E-state index contributed by atoms with van der Waals surface area (Å²) < 4.78 is 11.2. The van der Waals surface area contributed by atoms with Crippen LogP contribution in [0.1, 0.15) is 33.6 Å². The number of hydrogen-bond acceptors (Lipinski definition) is 4. The molecule has 1 aliphatic heterocycles. The molecule has 0 bridgehead atoms. The molecule has 5 heteroatoms. The van der Waals surface area contributed by atoms with Gasteiger partial charge in [-0.2, -0.15) is 5.06 Å². The number of hydroxylamine groups is 2. The fraction of sp³-hybridized carbons (Fsp3) is 0.600. The summed E-state index contributed by atoms with van der Waals surface area (Å²) in [7, 11) is 3.77. The molecule has 1 heterocycles. The highest BCUT2D eigenvalue weighted by Crippen LogP contribution is 2.39. The van der Waals surface area contributed by atoms with Gasteiger partial charge >= 0.3 is 0 Å². The van der Waals surface area contributed by atoms with Crippen molar-refractivity contribution in [2.45, 2.75) is 39.4 Å². The molecule has 0 saturated carbocycles. The lowest BCUT2D eigenvalue weighted by Crippen LogP contribution is -2.33. The maximum Gasteiger partial charge on any atom is 0.248 e. The van der Waals surface area contributed by atoms with Crippen LogP contribution in [0.3, 0.4) is 0 Å². The summed E-state index contributed by atoms with van der Waals surface area (Å²) in [5.74, 6) is 1.24. The Bertz CT molecular complexity index is 360. The summed E-state index contributed by atoms with van der Waals surface area (Å²) in [6.07, 6.45) is 1.93. The molecule has 4 nitrogen and oxygen atoms in total. The van der Waals surface area contributed by atoms with E-state index in [0.717, 1.165) is 30.9 Å². The number of ether oxygens (including phenoxy) is 2. The van der Waals surface area contributed by atoms with Gasteiger partial charge in [-0.05, 0) is 18.6 Å². The van der Waals surface area contributed by atoms with Crippen LogP contribution < -0.4 is 9.47 Å². The Morgan fingerprint density at radius 3 is 1.90 bits per heavy atom. The molecule has 0 N–H and O–H groups in total. The van der Waals surface area contributed by atoms with Crippen molar-refractivity contribution in [1.29, 1.82) is 0 Å². The summed E-state index contributed by atoms with van der Waals surface area (Å²) in [5, 5.41) is 1.71. The highest BCUT2D eigenvalue weighted by molar-refractivity contribution is 5.85. The van der Waals surface area contributed by atoms with Gasteiger partial charge in [0.1, 0.15) is 0 Å². The van der Waals surface area contributed by atoms with E-state index < -0.39 is 5.79 Å². The minimum Gasteiger partial charge on any atom is -0.449 e. The molecule has 0 saturated heterocycles. The van der Waals surface area contributed by atoms with Crippen molar-refractivity contribution >= 4 is 12.4 Å². The Balaban J connectivity index is 0.000000396. The summed E-state index contributed by atoms with van der Waals surface area (Å²) >= 11 is 0. The van der Waals surface area contributed by atoms with Crippen LogP contribution in [0.5, 0.6) is 11.5 Å². The lowest BCUT2D eigenvalue weighted by atomic mass is 10.2. The van der Waals surface area contributed by atoms with Gasteiger partial charge in [0, 0.05) is 27.4 Å². The molecular weight excluding hydrogens is 278 g/mol. The van der Waals surface area contributed by atoms with Crippen LogP contribution >= 0.6 is 12.4 Å². The van der Waals surface area contributed by atoms with E-state index in [9.17, 15) is 0 Å². The third-order valence-corrected chi connectivity index (χ3v) is 2.70. The van der Waals surface area contributed by atoms with E-state index in [4.69, 9.17) is 14.3 Å². The second kappa shape index (κ2) is 9.06. The van der Waals surface area contributed by atoms with E-state index in [0.29, 0.717) is 0 Å². The minimum atomic E-state index is -0.455. The summed E-state index contributed by atoms with van der Waals surface area (Å²) in [4.78, 5) is 5.02. The zero-order valence-electron chi connectivity index (χ0n) is 13.0. The van der Waals surface area contributed by atoms with Crippen molar-refractivity contribution in [3.8, 4) is 11.5 Å². The number of benzene rings is 1. The van der Waals surface area contributed by atoms with Gasteiger partial charge < -0.3 is 9.47 Å². The molecule has 0 aromatic heterocycles. The van der Waals surface area contributed by atoms with Gasteiger partial charge in [0.05, 0.1) is 6.61 Å². The van der Waals surface area contributed by atoms with Gasteiger partial charge in [-0.1, -0.05) is 26.0 Å². The Hall–Kier alpha value is -0.970. The van der Waals surface area contributed by atoms with Gasteiger partial charge in [0.15, 0.2) is 11.5 Å². The van der Waals surface area contributed by atoms with E-state index in [2.05, 4.69) is 6.92 Å². The molecule has 0 radical (unpaired) electrons. The van der Waals surface area contributed by atoms with Crippen LogP contribution in [0.4, 0.5) is 0 Å². The molecule has 20 heavy (non-hydrogen) atoms. The first-order chi connectivity index (χ1) is 9.00. The number of hydrogen-bond donors (Lipinski definition) is 0. The molecule has 2 rings (SSSR count). The molecule has 1 aromatic rings. The van der Waals surface area contributed by atoms with Crippen LogP contribution in [0.25, 0.3) is 0 Å². The highest BCUT2D eigenvalue weighted by Gasteiger charge is 2.34. The number of rotatable bonds is 4. The predicted octanol–water partition coefficient (Wildman–Crippen LogP) is 3.90. The first-order valence-electron chi connectivity index (χ1n) is 6.78. The quantitative estimate of drug-likeness (QED) is 0.790. The fourth-order valence-electron chi connectivity index (χ4n) is 1.52. The summed E-state index contributed by atoms with van der Waals surface area (Å²) in [6.45, 7) is 6.91. The zero-order chi connectivity index (χ0) is 14.3. The van der Waals surface area contributed by atoms with Crippen molar-refractivity contribution in [3.63, 3.8) is 0 Å². The second-order valence-corrected chi connectivity index (χ2v) is 4.78. The predicted molar refractivity (Wildman–Crippen MR) is 83.6 cm³/mol. The van der Waals surface area contributed by atoms with Gasteiger partial charge in [-0.25, -0.2) is 0 Å². The van der Waals surface area contributed by atoms with Crippen molar-refractivity contribution in [3.05, 3.63) is 24.3 Å². The third kappa shape index (κ3) is 5.99. The van der Waals surface area contributed by atoms with Crippen molar-refractivity contribution in [1.82, 2.24) is 5.06 Å². The van der Waals surface area contributed by atoms with E-state index in [1.165, 1.54) is 0 Å². The first kappa shape index (κ1) is 19.0. The molecule has 1 aliphatic rings. The number of fused-ring (bicyclic) bond motifs is 1. The Kier molecular flexibility index (Phi) is 8.62. The van der Waals surface area contributed by atoms with Crippen molar-refractivity contribution < 1.29 is 14.3 Å². The molecule has 0 fully saturated rings. The van der Waals surface area contributed by atoms with Gasteiger partial charge in [0.2, 0.25) is 5.79 Å². The minimum absolute atomic E-state index is 0. The van der Waals surface area contributed by atoms with Crippen LogP contribution in [-0.4, -0.2) is 31.6 Å². The van der Waals surface area contributed by atoms with E-state index in [1.54, 1.807) is 5.06 Å². The third-order valence-electron chi connectivity index (χ3n) is 2.70. The van der Waals surface area contributed by atoms with Crippen LogP contribution in [0.2, 0.25) is 0 Å². The molecule has 0 spiro atoms. The maximum atomic E-state index is 5.62. The SMILES string of the molecule is CCC1(C)Oc2ccccc2O1.CCCON(C)C.Cl. The van der Waals surface area contributed by atoms with Gasteiger partial charge in [0.25, 0.3) is 0 Å². The summed E-state index contributed by atoms with van der Waals surface area (Å²) in [5.41, 5.74) is 0. The lowest BCUT2D eigenvalue weighted by molar-refractivity contribution is -0.119. The van der Waals surface area contributed by atoms with Crippen LogP contribution in [0.15, 0.2) is 24.3 Å². The van der Waals surface area contributed by atoms with Crippen molar-refractivity contribution in [2.75, 3.05) is 20.7 Å². The molecule has 0 atom stereocenters. The number of halogens is 1. The molecule has 0 unspecified atom stereocenters. The molecule has 0 amide bonds. The standard InChI is InChI=1S/C10H12O2.C5H13NO.ClH/c1-3-10(2)11-8-6-4-5-7-9(8)12-10;1-4-5-7-6(2)3;/h4-7H,3H2,1-2H3;4-5H2,1-3H3;1H. The normalized spacial score (nSPS) is 14.3. The number of para-hydroxylation sites is 2. The topological polar surface area (TPSA) is 30.9 Å². The fourth-order valence-corrected chi connectivity index (χ4v) is 1.52. The Morgan fingerprint density at radius 1 is 1.10 bits per heavy atom. The lowest BCUT2D eigenvalue weighted by Gasteiger charge is -2.20. The average molecular weight is 304 g/mol. The van der Waals surface area contributed by atoms with E-state index in [1.807, 2.05) is 52.2 Å². The molecule has 0 aliphatic carbocycles. The first-order valence-corrected chi connectivity index (χ1v) is 6.78. The molecule has 116 valence electrons. The summed E-state index contributed by atoms with van der Waals surface area (Å²) in [6, 6.07) is 7.75. The smallest absolute Gasteiger partial charge is 0.248 e. The Labute approximate surface area is 128 Å². The monoisotopic (exact) mass is 303 g/mol. The van der Waals surface area contributed by atoms with Crippen LogP contribution in [-0.2, 0) is 4.84 Å². The van der Waals surface area contributed by atoms with Crippen LogP contribution in [0, 0.1) is 0 Å². The molecular formula is C15H26ClNO3. The average Bonchev–Trinajstić information content (AvgIpc) is 2.74. The van der Waals surface area contributed by atoms with E-state index in [-0.39, 0.29) is 12.4 Å². The maximum absolute atomic E-state index is 5.62. The van der Waals surface area contributed by atoms with E-state index >= 15 is 0 Å². The van der Waals surface area contributed by atoms with Crippen molar-refractivity contribution in [2.24, 2.45) is 0 Å². The largest absolute Gasteiger partial charge is 0.449 e. The van der Waals surface area contributed by atoms with Gasteiger partial charge in [-0.3, -0.25) is 4.84 Å². The second-order valence-electron chi connectivity index (χ2n) is 4.78. The molecule has 1 aromatic carbocycles.